The number of H-pyrrole nitrogens is 1. The van der Waals surface area contributed by atoms with E-state index in [4.69, 9.17) is 0 Å². The van der Waals surface area contributed by atoms with Crippen molar-refractivity contribution in [3.63, 3.8) is 0 Å². The number of nitrogens with one attached hydrogen (secondary N) is 1. The van der Waals surface area contributed by atoms with E-state index in [1.165, 1.54) is 0 Å². The van der Waals surface area contributed by atoms with E-state index in [0.29, 0.717) is 17.1 Å². The standard InChI is InChI=1S/C12H16N6O/c1-8-7-13-9-10(14-8)15-12(16-11(9)19)18-5-3-17(2)4-6-18/h7H,3-6H2,1-2H3,(H,14,15,16,19). The number of rotatable bonds is 1. The maximum Gasteiger partial charge on any atom is 0.280 e. The van der Waals surface area contributed by atoms with E-state index in [1.807, 2.05) is 6.92 Å². The van der Waals surface area contributed by atoms with Crippen LogP contribution in [-0.4, -0.2) is 58.1 Å². The Hall–Kier alpha value is -2.02. The molecule has 0 saturated carbocycles. The Morgan fingerprint density at radius 1 is 1.21 bits per heavy atom. The van der Waals surface area contributed by atoms with E-state index in [2.05, 4.69) is 36.8 Å². The minimum absolute atomic E-state index is 0.230. The Bertz CT molecular complexity index is 659. The summed E-state index contributed by atoms with van der Waals surface area (Å²) >= 11 is 0. The van der Waals surface area contributed by atoms with Crippen molar-refractivity contribution in [3.05, 3.63) is 22.2 Å². The van der Waals surface area contributed by atoms with Crippen LogP contribution in [0.5, 0.6) is 0 Å². The Morgan fingerprint density at radius 2 is 1.95 bits per heavy atom. The third-order valence-corrected chi connectivity index (χ3v) is 3.33. The molecule has 0 amide bonds. The molecule has 1 fully saturated rings. The van der Waals surface area contributed by atoms with E-state index in [0.717, 1.165) is 31.9 Å². The Kier molecular flexibility index (Phi) is 2.90. The summed E-state index contributed by atoms with van der Waals surface area (Å²) in [6.07, 6.45) is 1.58. The highest BCUT2D eigenvalue weighted by molar-refractivity contribution is 5.69. The predicted molar refractivity (Wildman–Crippen MR) is 72.4 cm³/mol. The lowest BCUT2D eigenvalue weighted by Gasteiger charge is -2.32. The van der Waals surface area contributed by atoms with Gasteiger partial charge < -0.3 is 9.80 Å². The van der Waals surface area contributed by atoms with Gasteiger partial charge in [0.25, 0.3) is 5.56 Å². The molecule has 0 spiro atoms. The van der Waals surface area contributed by atoms with Gasteiger partial charge in [0, 0.05) is 32.4 Å². The number of nitrogens with zero attached hydrogens (tertiary/aromatic N) is 5. The molecule has 0 bridgehead atoms. The van der Waals surface area contributed by atoms with Crippen LogP contribution in [-0.2, 0) is 0 Å². The van der Waals surface area contributed by atoms with Gasteiger partial charge in [0.05, 0.1) is 5.69 Å². The van der Waals surface area contributed by atoms with Gasteiger partial charge in [-0.25, -0.2) is 9.97 Å². The van der Waals surface area contributed by atoms with Gasteiger partial charge in [-0.2, -0.15) is 4.98 Å². The van der Waals surface area contributed by atoms with Gasteiger partial charge in [-0.05, 0) is 14.0 Å². The van der Waals surface area contributed by atoms with E-state index < -0.39 is 0 Å². The van der Waals surface area contributed by atoms with Crippen molar-refractivity contribution >= 4 is 17.1 Å². The first-order valence-electron chi connectivity index (χ1n) is 6.30. The summed E-state index contributed by atoms with van der Waals surface area (Å²) in [5, 5.41) is 0. The normalized spacial score (nSPS) is 17.1. The maximum absolute atomic E-state index is 12.0. The Balaban J connectivity index is 2.03. The topological polar surface area (TPSA) is 78.0 Å². The molecule has 19 heavy (non-hydrogen) atoms. The van der Waals surface area contributed by atoms with Crippen molar-refractivity contribution in [2.24, 2.45) is 0 Å². The van der Waals surface area contributed by atoms with E-state index in [9.17, 15) is 4.79 Å². The van der Waals surface area contributed by atoms with Crippen molar-refractivity contribution in [3.8, 4) is 0 Å². The van der Waals surface area contributed by atoms with E-state index in [-0.39, 0.29) is 5.56 Å². The molecule has 7 heteroatoms. The van der Waals surface area contributed by atoms with Gasteiger partial charge in [0.1, 0.15) is 0 Å². The first-order chi connectivity index (χ1) is 9.13. The van der Waals surface area contributed by atoms with Gasteiger partial charge in [0.15, 0.2) is 11.2 Å². The highest BCUT2D eigenvalue weighted by atomic mass is 16.1. The third kappa shape index (κ3) is 2.28. The first-order valence-corrected chi connectivity index (χ1v) is 6.30. The molecule has 0 atom stereocenters. The lowest BCUT2D eigenvalue weighted by atomic mass is 10.3. The van der Waals surface area contributed by atoms with Crippen LogP contribution in [0.4, 0.5) is 5.95 Å². The number of anilines is 1. The molecule has 7 nitrogen and oxygen atoms in total. The number of fused-ring (bicyclic) bond motifs is 1. The molecule has 2 aromatic rings. The molecule has 1 N–H and O–H groups in total. The molecular weight excluding hydrogens is 244 g/mol. The second-order valence-electron chi connectivity index (χ2n) is 4.86. The summed E-state index contributed by atoms with van der Waals surface area (Å²) in [7, 11) is 2.09. The van der Waals surface area contributed by atoms with Gasteiger partial charge in [-0.1, -0.05) is 0 Å². The van der Waals surface area contributed by atoms with Crippen LogP contribution in [0, 0.1) is 6.92 Å². The van der Waals surface area contributed by atoms with Crippen LogP contribution in [0.3, 0.4) is 0 Å². The van der Waals surface area contributed by atoms with Crippen LogP contribution < -0.4 is 10.5 Å². The van der Waals surface area contributed by atoms with Crippen LogP contribution in [0.2, 0.25) is 0 Å². The number of piperazine rings is 1. The average molecular weight is 260 g/mol. The minimum Gasteiger partial charge on any atom is -0.340 e. The highest BCUT2D eigenvalue weighted by Crippen LogP contribution is 2.11. The molecule has 0 unspecified atom stereocenters. The smallest absolute Gasteiger partial charge is 0.280 e. The summed E-state index contributed by atoms with van der Waals surface area (Å²) in [4.78, 5) is 31.9. The number of aromatic amines is 1. The summed E-state index contributed by atoms with van der Waals surface area (Å²) in [6.45, 7) is 5.46. The van der Waals surface area contributed by atoms with Gasteiger partial charge >= 0.3 is 0 Å². The zero-order valence-corrected chi connectivity index (χ0v) is 11.1. The fraction of sp³-hybridized carbons (Fsp3) is 0.500. The van der Waals surface area contributed by atoms with E-state index >= 15 is 0 Å². The molecule has 1 aliphatic rings. The summed E-state index contributed by atoms with van der Waals surface area (Å²) < 4.78 is 0. The SMILES string of the molecule is Cc1cnc2c(=O)[nH]c(N3CCN(C)CC3)nc2n1. The molecule has 0 aromatic carbocycles. The quantitative estimate of drug-likeness (QED) is 0.763. The number of aromatic nitrogens is 4. The lowest BCUT2D eigenvalue weighted by Crippen LogP contribution is -2.45. The molecule has 0 aliphatic carbocycles. The molecule has 0 radical (unpaired) electrons. The first kappa shape index (κ1) is 12.0. The van der Waals surface area contributed by atoms with Crippen molar-refractivity contribution in [2.75, 3.05) is 38.1 Å². The summed E-state index contributed by atoms with van der Waals surface area (Å²) in [6, 6.07) is 0. The lowest BCUT2D eigenvalue weighted by molar-refractivity contribution is 0.311. The van der Waals surface area contributed by atoms with Crippen LogP contribution in [0.1, 0.15) is 5.69 Å². The Morgan fingerprint density at radius 3 is 2.68 bits per heavy atom. The summed E-state index contributed by atoms with van der Waals surface area (Å²) in [5.41, 5.74) is 1.24. The number of likely N-dealkylation sites (N-methyl/N-ethyl adjacent to an activating group) is 1. The van der Waals surface area contributed by atoms with E-state index in [1.54, 1.807) is 6.20 Å². The van der Waals surface area contributed by atoms with Gasteiger partial charge in [0.2, 0.25) is 5.95 Å². The molecule has 3 rings (SSSR count). The molecule has 1 saturated heterocycles. The second-order valence-corrected chi connectivity index (χ2v) is 4.86. The fourth-order valence-electron chi connectivity index (χ4n) is 2.16. The van der Waals surface area contributed by atoms with Crippen molar-refractivity contribution < 1.29 is 0 Å². The predicted octanol–water partition coefficient (Wildman–Crippen LogP) is -0.227. The van der Waals surface area contributed by atoms with Crippen molar-refractivity contribution in [2.45, 2.75) is 6.92 Å². The molecule has 3 heterocycles. The van der Waals surface area contributed by atoms with Gasteiger partial charge in [-0.3, -0.25) is 9.78 Å². The van der Waals surface area contributed by atoms with Crippen molar-refractivity contribution in [1.82, 2.24) is 24.8 Å². The number of hydrogen-bond donors (Lipinski definition) is 1. The fourth-order valence-corrected chi connectivity index (χ4v) is 2.16. The number of hydrogen-bond acceptors (Lipinski definition) is 6. The van der Waals surface area contributed by atoms with Crippen LogP contribution in [0.15, 0.2) is 11.0 Å². The number of aryl methyl sites for hydroxylation is 1. The zero-order chi connectivity index (χ0) is 13.4. The monoisotopic (exact) mass is 260 g/mol. The van der Waals surface area contributed by atoms with Crippen LogP contribution in [0.25, 0.3) is 11.2 Å². The molecular formula is C12H16N6O. The molecule has 1 aliphatic heterocycles. The summed E-state index contributed by atoms with van der Waals surface area (Å²) in [5.74, 6) is 0.588. The molecule has 100 valence electrons. The van der Waals surface area contributed by atoms with Gasteiger partial charge in [-0.15, -0.1) is 0 Å². The molecule has 2 aromatic heterocycles. The Labute approximate surface area is 110 Å². The minimum atomic E-state index is -0.230. The second kappa shape index (κ2) is 4.58. The maximum atomic E-state index is 12.0. The highest BCUT2D eigenvalue weighted by Gasteiger charge is 2.17. The van der Waals surface area contributed by atoms with Crippen LogP contribution >= 0.6 is 0 Å². The third-order valence-electron chi connectivity index (χ3n) is 3.33. The zero-order valence-electron chi connectivity index (χ0n) is 11.1. The average Bonchev–Trinajstić information content (AvgIpc) is 2.38. The van der Waals surface area contributed by atoms with Crippen molar-refractivity contribution in [1.29, 1.82) is 0 Å². The largest absolute Gasteiger partial charge is 0.340 e.